The molecule has 2 atom stereocenters. The maximum absolute atomic E-state index is 5.49. The van der Waals surface area contributed by atoms with E-state index in [1.165, 1.54) is 0 Å². The van der Waals surface area contributed by atoms with Gasteiger partial charge in [0.15, 0.2) is 11.8 Å². The van der Waals surface area contributed by atoms with Gasteiger partial charge >= 0.3 is 0 Å². The minimum Gasteiger partial charge on any atom is -0.469 e. The largest absolute Gasteiger partial charge is 0.469 e. The van der Waals surface area contributed by atoms with E-state index in [1.807, 2.05) is 12.1 Å². The van der Waals surface area contributed by atoms with Crippen LogP contribution in [0.3, 0.4) is 0 Å². The fourth-order valence-electron chi connectivity index (χ4n) is 3.74. The van der Waals surface area contributed by atoms with Crippen molar-refractivity contribution >= 4 is 29.9 Å². The molecule has 0 saturated carbocycles. The van der Waals surface area contributed by atoms with Crippen molar-refractivity contribution in [2.75, 3.05) is 26.3 Å². The number of hydrogen-bond donors (Lipinski definition) is 2. The third kappa shape index (κ3) is 6.19. The topological polar surface area (TPSA) is 89.5 Å². The van der Waals surface area contributed by atoms with E-state index in [0.29, 0.717) is 17.9 Å². The van der Waals surface area contributed by atoms with Crippen LogP contribution in [-0.2, 0) is 24.1 Å². The summed E-state index contributed by atoms with van der Waals surface area (Å²) in [5, 5.41) is 11.8. The molecule has 0 bridgehead atoms. The Labute approximate surface area is 195 Å². The number of nitrogens with one attached hydrogen (secondary N) is 2. The number of halogens is 1. The molecular weight excluding hydrogens is 495 g/mol. The molecule has 0 aliphatic carbocycles. The van der Waals surface area contributed by atoms with Gasteiger partial charge in [-0.25, -0.2) is 9.67 Å². The van der Waals surface area contributed by atoms with E-state index in [2.05, 4.69) is 39.2 Å². The Bertz CT molecular complexity index is 799. The number of aliphatic imine (C=N–C) groups is 1. The lowest BCUT2D eigenvalue weighted by molar-refractivity contribution is 0.187. The second kappa shape index (κ2) is 11.1. The van der Waals surface area contributed by atoms with Gasteiger partial charge in [0.1, 0.15) is 11.6 Å². The van der Waals surface area contributed by atoms with Gasteiger partial charge in [-0.2, -0.15) is 5.10 Å². The number of rotatable bonds is 7. The van der Waals surface area contributed by atoms with Crippen molar-refractivity contribution < 1.29 is 9.15 Å². The number of nitrogens with zero attached hydrogens (tertiary/aromatic N) is 4. The lowest BCUT2D eigenvalue weighted by Gasteiger charge is -2.25. The van der Waals surface area contributed by atoms with E-state index in [1.54, 1.807) is 6.26 Å². The fourth-order valence-corrected chi connectivity index (χ4v) is 3.74. The first kappa shape index (κ1) is 23.1. The lowest BCUT2D eigenvalue weighted by atomic mass is 10.1. The standard InChI is InChI=1S/C21H32N6O2.HI/c1-15(2)20-25-19-6-5-17(13-27(19)26-20)24-21(23-12-16-8-11-28-14-16)22-9-7-18-4-3-10-29-18;/h3-4,10,15-17H,5-9,11-14H2,1-2H3,(H2,22,23,24);1H. The average molecular weight is 528 g/mol. The second-order valence-corrected chi connectivity index (χ2v) is 8.28. The predicted molar refractivity (Wildman–Crippen MR) is 126 cm³/mol. The monoisotopic (exact) mass is 528 g/mol. The summed E-state index contributed by atoms with van der Waals surface area (Å²) in [4.78, 5) is 9.53. The second-order valence-electron chi connectivity index (χ2n) is 8.28. The quantitative estimate of drug-likeness (QED) is 0.327. The summed E-state index contributed by atoms with van der Waals surface area (Å²) >= 11 is 0. The number of furan rings is 1. The summed E-state index contributed by atoms with van der Waals surface area (Å²) in [5.41, 5.74) is 0. The number of hydrogen-bond acceptors (Lipinski definition) is 5. The number of aromatic nitrogens is 3. The summed E-state index contributed by atoms with van der Waals surface area (Å²) in [6, 6.07) is 4.21. The molecule has 2 aromatic heterocycles. The zero-order valence-electron chi connectivity index (χ0n) is 17.8. The molecular formula is C21H33IN6O2. The first-order valence-electron chi connectivity index (χ1n) is 10.8. The van der Waals surface area contributed by atoms with E-state index >= 15 is 0 Å². The molecule has 8 nitrogen and oxygen atoms in total. The molecule has 9 heteroatoms. The third-order valence-corrected chi connectivity index (χ3v) is 5.51. The number of aryl methyl sites for hydroxylation is 1. The van der Waals surface area contributed by atoms with Crippen LogP contribution >= 0.6 is 24.0 Å². The van der Waals surface area contributed by atoms with Gasteiger partial charge in [0.2, 0.25) is 0 Å². The SMILES string of the molecule is CC(C)c1nc2n(n1)CC(NC(=NCC1CCOC1)NCCc1ccco1)CC2.I. The highest BCUT2D eigenvalue weighted by atomic mass is 127. The smallest absolute Gasteiger partial charge is 0.191 e. The van der Waals surface area contributed by atoms with Crippen molar-refractivity contribution in [1.29, 1.82) is 0 Å². The molecule has 1 saturated heterocycles. The van der Waals surface area contributed by atoms with Crippen LogP contribution in [0.15, 0.2) is 27.8 Å². The first-order chi connectivity index (χ1) is 14.2. The van der Waals surface area contributed by atoms with Crippen LogP contribution in [0, 0.1) is 5.92 Å². The molecule has 2 aliphatic rings. The van der Waals surface area contributed by atoms with Crippen molar-refractivity contribution in [1.82, 2.24) is 25.4 Å². The van der Waals surface area contributed by atoms with Crippen LogP contribution in [0.4, 0.5) is 0 Å². The highest BCUT2D eigenvalue weighted by molar-refractivity contribution is 14.0. The molecule has 0 aromatic carbocycles. The number of fused-ring (bicyclic) bond motifs is 1. The van der Waals surface area contributed by atoms with Crippen LogP contribution < -0.4 is 10.6 Å². The molecule has 4 heterocycles. The lowest BCUT2D eigenvalue weighted by Crippen LogP contribution is -2.47. The molecule has 0 amide bonds. The Morgan fingerprint density at radius 3 is 3.00 bits per heavy atom. The van der Waals surface area contributed by atoms with Gasteiger partial charge in [-0.3, -0.25) is 4.99 Å². The molecule has 0 spiro atoms. The van der Waals surface area contributed by atoms with Gasteiger partial charge in [0.25, 0.3) is 0 Å². The summed E-state index contributed by atoms with van der Waals surface area (Å²) in [6.07, 6.45) is 5.60. The Kier molecular flexibility index (Phi) is 8.55. The van der Waals surface area contributed by atoms with E-state index < -0.39 is 0 Å². The van der Waals surface area contributed by atoms with Crippen LogP contribution in [0.1, 0.15) is 50.0 Å². The van der Waals surface area contributed by atoms with Crippen molar-refractivity contribution in [2.45, 2.75) is 58.0 Å². The van der Waals surface area contributed by atoms with Crippen LogP contribution in [0.2, 0.25) is 0 Å². The Hall–Kier alpha value is -1.62. The Balaban J connectivity index is 0.00000256. The number of ether oxygens (including phenoxy) is 1. The van der Waals surface area contributed by atoms with E-state index in [9.17, 15) is 0 Å². The van der Waals surface area contributed by atoms with Crippen LogP contribution in [-0.4, -0.2) is 53.1 Å². The first-order valence-corrected chi connectivity index (χ1v) is 10.8. The van der Waals surface area contributed by atoms with Gasteiger partial charge in [-0.1, -0.05) is 13.8 Å². The van der Waals surface area contributed by atoms with Gasteiger partial charge in [-0.05, 0) is 25.0 Å². The third-order valence-electron chi connectivity index (χ3n) is 5.51. The minimum absolute atomic E-state index is 0. The van der Waals surface area contributed by atoms with Crippen LogP contribution in [0.5, 0.6) is 0 Å². The fraction of sp³-hybridized carbons (Fsp3) is 0.667. The summed E-state index contributed by atoms with van der Waals surface area (Å²) in [6.45, 7) is 8.32. The summed E-state index contributed by atoms with van der Waals surface area (Å²) in [5.74, 6) is 4.74. The highest BCUT2D eigenvalue weighted by Crippen LogP contribution is 2.17. The van der Waals surface area contributed by atoms with Crippen molar-refractivity contribution in [3.63, 3.8) is 0 Å². The molecule has 0 radical (unpaired) electrons. The van der Waals surface area contributed by atoms with Gasteiger partial charge < -0.3 is 19.8 Å². The highest BCUT2D eigenvalue weighted by Gasteiger charge is 2.23. The Morgan fingerprint density at radius 1 is 1.37 bits per heavy atom. The molecule has 166 valence electrons. The Morgan fingerprint density at radius 2 is 2.27 bits per heavy atom. The van der Waals surface area contributed by atoms with Crippen molar-refractivity contribution in [3.8, 4) is 0 Å². The molecule has 1 fully saturated rings. The molecule has 30 heavy (non-hydrogen) atoms. The van der Waals surface area contributed by atoms with E-state index in [-0.39, 0.29) is 24.0 Å². The molecule has 2 unspecified atom stereocenters. The molecule has 2 aliphatic heterocycles. The molecule has 4 rings (SSSR count). The van der Waals surface area contributed by atoms with E-state index in [0.717, 1.165) is 81.9 Å². The maximum atomic E-state index is 5.49. The predicted octanol–water partition coefficient (Wildman–Crippen LogP) is 2.74. The zero-order chi connectivity index (χ0) is 20.1. The van der Waals surface area contributed by atoms with Gasteiger partial charge in [0.05, 0.1) is 19.4 Å². The van der Waals surface area contributed by atoms with Crippen molar-refractivity contribution in [2.24, 2.45) is 10.9 Å². The zero-order valence-corrected chi connectivity index (χ0v) is 20.2. The molecule has 2 aromatic rings. The minimum atomic E-state index is 0. The van der Waals surface area contributed by atoms with Crippen LogP contribution in [0.25, 0.3) is 0 Å². The maximum Gasteiger partial charge on any atom is 0.191 e. The average Bonchev–Trinajstić information content (AvgIpc) is 3.46. The van der Waals surface area contributed by atoms with E-state index in [4.69, 9.17) is 14.1 Å². The van der Waals surface area contributed by atoms with Gasteiger partial charge in [0, 0.05) is 50.4 Å². The summed E-state index contributed by atoms with van der Waals surface area (Å²) in [7, 11) is 0. The summed E-state index contributed by atoms with van der Waals surface area (Å²) < 4.78 is 13.0. The van der Waals surface area contributed by atoms with Crippen molar-refractivity contribution in [3.05, 3.63) is 35.8 Å². The molecule has 2 N–H and O–H groups in total. The number of guanidine groups is 1. The normalized spacial score (nSPS) is 21.4. The van der Waals surface area contributed by atoms with Gasteiger partial charge in [-0.15, -0.1) is 24.0 Å².